The summed E-state index contributed by atoms with van der Waals surface area (Å²) in [5.74, 6) is 0.389. The van der Waals surface area contributed by atoms with Crippen LogP contribution in [0.5, 0.6) is 0 Å². The van der Waals surface area contributed by atoms with Gasteiger partial charge in [0.25, 0.3) is 0 Å². The Morgan fingerprint density at radius 2 is 1.93 bits per heavy atom. The van der Waals surface area contributed by atoms with E-state index in [0.717, 1.165) is 23.2 Å². The Morgan fingerprint density at radius 3 is 2.82 bits per heavy atom. The predicted octanol–water partition coefficient (Wildman–Crippen LogP) is 5.94. The van der Waals surface area contributed by atoms with Gasteiger partial charge in [0.15, 0.2) is 0 Å². The van der Waals surface area contributed by atoms with Crippen LogP contribution in [0, 0.1) is 6.92 Å². The molecule has 3 aliphatic heterocycles. The molecule has 2 aromatic carbocycles. The first-order chi connectivity index (χ1) is 13.6. The summed E-state index contributed by atoms with van der Waals surface area (Å²) in [7, 11) is 0. The zero-order valence-electron chi connectivity index (χ0n) is 16.6. The molecular formula is C25H24N2O. The highest BCUT2D eigenvalue weighted by atomic mass is 16.3. The second-order valence-electron chi connectivity index (χ2n) is 8.73. The fourth-order valence-corrected chi connectivity index (χ4v) is 6.01. The molecule has 1 saturated heterocycles. The van der Waals surface area contributed by atoms with Crippen LogP contribution >= 0.6 is 0 Å². The lowest BCUT2D eigenvalue weighted by molar-refractivity contribution is 0.243. The molecule has 0 aliphatic carbocycles. The van der Waals surface area contributed by atoms with Gasteiger partial charge in [0.1, 0.15) is 5.58 Å². The second kappa shape index (κ2) is 5.38. The first-order valence-corrected chi connectivity index (χ1v) is 10.2. The largest absolute Gasteiger partial charge is 0.437 e. The number of rotatable bonds is 1. The molecule has 3 aliphatic rings. The topological polar surface area (TPSA) is 29.3 Å². The standard InChI is InChI=1S/C25H24N2O/c1-15-10-11-17-18-7-6-13-26-24(18)28-23(17)21(15)22-16(2)27-14-12-25(22,3)19-8-4-5-9-20(19)27/h4-11,13,16,22H,12,14H2,1-3H3/t16-,22?,25?/m1/s1. The molecule has 4 aromatic rings. The number of nitrogens with zero attached hydrogens (tertiary/aromatic N) is 2. The van der Waals surface area contributed by atoms with Gasteiger partial charge in [-0.25, -0.2) is 4.98 Å². The van der Waals surface area contributed by atoms with Gasteiger partial charge in [0.2, 0.25) is 5.71 Å². The first-order valence-electron chi connectivity index (χ1n) is 10.2. The Balaban J connectivity index is 1.67. The Kier molecular flexibility index (Phi) is 3.11. The van der Waals surface area contributed by atoms with Gasteiger partial charge in [0.05, 0.1) is 0 Å². The molecule has 2 bridgehead atoms. The van der Waals surface area contributed by atoms with Crippen molar-refractivity contribution in [2.75, 3.05) is 11.4 Å². The molecule has 2 unspecified atom stereocenters. The van der Waals surface area contributed by atoms with Crippen LogP contribution in [0.2, 0.25) is 0 Å². The minimum atomic E-state index is 0.107. The van der Waals surface area contributed by atoms with Crippen molar-refractivity contribution >= 4 is 27.8 Å². The molecule has 3 heteroatoms. The highest BCUT2D eigenvalue weighted by Crippen LogP contribution is 2.57. The summed E-state index contributed by atoms with van der Waals surface area (Å²) >= 11 is 0. The maximum absolute atomic E-state index is 6.38. The summed E-state index contributed by atoms with van der Waals surface area (Å²) in [6, 6.07) is 18.0. The van der Waals surface area contributed by atoms with Crippen LogP contribution in [0.4, 0.5) is 5.69 Å². The lowest BCUT2D eigenvalue weighted by Crippen LogP contribution is -2.57. The number of hydrogen-bond donors (Lipinski definition) is 0. The van der Waals surface area contributed by atoms with Gasteiger partial charge in [-0.3, -0.25) is 0 Å². The number of fused-ring (bicyclic) bond motifs is 5. The molecule has 1 fully saturated rings. The van der Waals surface area contributed by atoms with Crippen molar-refractivity contribution in [2.45, 2.75) is 44.6 Å². The molecule has 3 atom stereocenters. The zero-order chi connectivity index (χ0) is 19.0. The van der Waals surface area contributed by atoms with E-state index < -0.39 is 0 Å². The number of furan rings is 1. The van der Waals surface area contributed by atoms with Crippen molar-refractivity contribution in [2.24, 2.45) is 0 Å². The number of para-hydroxylation sites is 1. The van der Waals surface area contributed by atoms with E-state index in [1.54, 1.807) is 0 Å². The van der Waals surface area contributed by atoms with Crippen LogP contribution in [0.15, 0.2) is 59.1 Å². The Labute approximate surface area is 165 Å². The third-order valence-corrected chi connectivity index (χ3v) is 7.35. The third-order valence-electron chi connectivity index (χ3n) is 7.35. The van der Waals surface area contributed by atoms with Gasteiger partial charge in [0, 0.05) is 52.1 Å². The number of benzene rings is 2. The van der Waals surface area contributed by atoms with E-state index in [1.807, 2.05) is 12.3 Å². The molecule has 7 rings (SSSR count). The SMILES string of the molecule is Cc1ccc2c(oc3ncccc32)c1C1[C@@H](C)N2CCC1(C)c1ccccc12. The monoisotopic (exact) mass is 368 g/mol. The third kappa shape index (κ3) is 1.87. The summed E-state index contributed by atoms with van der Waals surface area (Å²) in [4.78, 5) is 7.08. The van der Waals surface area contributed by atoms with Crippen LogP contribution in [0.3, 0.4) is 0 Å². The van der Waals surface area contributed by atoms with Crippen LogP contribution in [0.1, 0.15) is 42.9 Å². The summed E-state index contributed by atoms with van der Waals surface area (Å²) in [6.07, 6.45) is 2.99. The number of aryl methyl sites for hydroxylation is 1. The Bertz CT molecular complexity index is 1240. The van der Waals surface area contributed by atoms with Crippen molar-refractivity contribution in [1.82, 2.24) is 4.98 Å². The van der Waals surface area contributed by atoms with Crippen LogP contribution in [-0.4, -0.2) is 17.6 Å². The van der Waals surface area contributed by atoms with Gasteiger partial charge < -0.3 is 9.32 Å². The maximum Gasteiger partial charge on any atom is 0.227 e. The van der Waals surface area contributed by atoms with Gasteiger partial charge in [-0.2, -0.15) is 0 Å². The number of pyridine rings is 1. The summed E-state index contributed by atoms with van der Waals surface area (Å²) in [5.41, 5.74) is 7.45. The summed E-state index contributed by atoms with van der Waals surface area (Å²) < 4.78 is 6.38. The van der Waals surface area contributed by atoms with Crippen LogP contribution in [-0.2, 0) is 5.41 Å². The molecule has 0 spiro atoms. The minimum absolute atomic E-state index is 0.107. The minimum Gasteiger partial charge on any atom is -0.437 e. The van der Waals surface area contributed by atoms with E-state index in [4.69, 9.17) is 4.42 Å². The number of anilines is 1. The Hall–Kier alpha value is -2.81. The van der Waals surface area contributed by atoms with Gasteiger partial charge >= 0.3 is 0 Å². The number of aromatic nitrogens is 1. The normalized spacial score (nSPS) is 26.2. The molecular weight excluding hydrogens is 344 g/mol. The highest BCUT2D eigenvalue weighted by molar-refractivity contribution is 6.05. The lowest BCUT2D eigenvalue weighted by atomic mass is 9.58. The van der Waals surface area contributed by atoms with Gasteiger partial charge in [-0.15, -0.1) is 0 Å². The molecule has 5 heterocycles. The Morgan fingerprint density at radius 1 is 1.07 bits per heavy atom. The molecule has 2 aromatic heterocycles. The smallest absolute Gasteiger partial charge is 0.227 e. The number of hydrogen-bond acceptors (Lipinski definition) is 3. The van der Waals surface area contributed by atoms with Crippen molar-refractivity contribution in [3.63, 3.8) is 0 Å². The number of piperidine rings is 1. The zero-order valence-corrected chi connectivity index (χ0v) is 16.6. The van der Waals surface area contributed by atoms with Crippen LogP contribution < -0.4 is 4.90 Å². The molecule has 3 nitrogen and oxygen atoms in total. The average molecular weight is 368 g/mol. The predicted molar refractivity (Wildman–Crippen MR) is 114 cm³/mol. The summed E-state index contributed by atoms with van der Waals surface area (Å²) in [6.45, 7) is 8.21. The molecule has 0 amide bonds. The van der Waals surface area contributed by atoms with E-state index in [-0.39, 0.29) is 5.41 Å². The van der Waals surface area contributed by atoms with Crippen molar-refractivity contribution in [3.8, 4) is 0 Å². The maximum atomic E-state index is 6.38. The quantitative estimate of drug-likeness (QED) is 0.416. The highest BCUT2D eigenvalue weighted by Gasteiger charge is 2.52. The van der Waals surface area contributed by atoms with E-state index in [1.165, 1.54) is 34.2 Å². The first kappa shape index (κ1) is 16.2. The fourth-order valence-electron chi connectivity index (χ4n) is 6.01. The fraction of sp³-hybridized carbons (Fsp3) is 0.320. The van der Waals surface area contributed by atoms with Crippen molar-refractivity contribution in [3.05, 3.63) is 71.4 Å². The van der Waals surface area contributed by atoms with Crippen LogP contribution in [0.25, 0.3) is 22.1 Å². The molecule has 0 saturated carbocycles. The molecule has 0 N–H and O–H groups in total. The molecule has 0 radical (unpaired) electrons. The van der Waals surface area contributed by atoms with Crippen molar-refractivity contribution < 1.29 is 4.42 Å². The van der Waals surface area contributed by atoms with E-state index in [9.17, 15) is 0 Å². The van der Waals surface area contributed by atoms with Crippen molar-refractivity contribution in [1.29, 1.82) is 0 Å². The van der Waals surface area contributed by atoms with Gasteiger partial charge in [-0.1, -0.05) is 37.3 Å². The van der Waals surface area contributed by atoms with Gasteiger partial charge in [-0.05, 0) is 49.6 Å². The second-order valence-corrected chi connectivity index (χ2v) is 8.73. The van der Waals surface area contributed by atoms with E-state index in [0.29, 0.717) is 12.0 Å². The molecule has 28 heavy (non-hydrogen) atoms. The summed E-state index contributed by atoms with van der Waals surface area (Å²) in [5, 5.41) is 2.29. The van der Waals surface area contributed by atoms with E-state index in [2.05, 4.69) is 73.1 Å². The molecule has 140 valence electrons. The lowest BCUT2D eigenvalue weighted by Gasteiger charge is -2.58. The van der Waals surface area contributed by atoms with E-state index >= 15 is 0 Å². The average Bonchev–Trinajstić information content (AvgIpc) is 3.08.